The zero-order valence-electron chi connectivity index (χ0n) is 11.1. The van der Waals surface area contributed by atoms with Crippen LogP contribution in [0.1, 0.15) is 15.9 Å². The second-order valence-electron chi connectivity index (χ2n) is 4.56. The molecular formula is C16H14ClNO3. The Morgan fingerprint density at radius 2 is 1.67 bits per heavy atom. The highest BCUT2D eigenvalue weighted by molar-refractivity contribution is 6.30. The summed E-state index contributed by atoms with van der Waals surface area (Å²) in [6, 6.07) is 14.4. The average Bonchev–Trinajstić information content (AvgIpc) is 2.49. The first-order chi connectivity index (χ1) is 10.1. The third-order valence-electron chi connectivity index (χ3n) is 2.99. The fourth-order valence-corrected chi connectivity index (χ4v) is 2.01. The minimum absolute atomic E-state index is 0.199. The van der Waals surface area contributed by atoms with E-state index in [9.17, 15) is 14.7 Å². The third-order valence-corrected chi connectivity index (χ3v) is 3.24. The molecule has 2 aromatic rings. The van der Waals surface area contributed by atoms with Crippen LogP contribution in [0.5, 0.6) is 0 Å². The van der Waals surface area contributed by atoms with Gasteiger partial charge in [0.15, 0.2) is 0 Å². The van der Waals surface area contributed by atoms with Crippen LogP contribution in [-0.4, -0.2) is 23.0 Å². The van der Waals surface area contributed by atoms with Crippen LogP contribution >= 0.6 is 11.6 Å². The second kappa shape index (κ2) is 6.90. The molecule has 21 heavy (non-hydrogen) atoms. The molecule has 0 spiro atoms. The molecule has 4 nitrogen and oxygen atoms in total. The number of carbonyl (C=O) groups is 2. The van der Waals surface area contributed by atoms with Crippen LogP contribution in [0.25, 0.3) is 0 Å². The first-order valence-electron chi connectivity index (χ1n) is 6.39. The van der Waals surface area contributed by atoms with Gasteiger partial charge in [0.2, 0.25) is 0 Å². The van der Waals surface area contributed by atoms with Crippen molar-refractivity contribution < 1.29 is 14.7 Å². The Balaban J connectivity index is 2.07. The van der Waals surface area contributed by atoms with Gasteiger partial charge in [-0.15, -0.1) is 0 Å². The molecule has 0 unspecified atom stereocenters. The molecule has 0 saturated heterocycles. The van der Waals surface area contributed by atoms with E-state index in [1.165, 1.54) is 0 Å². The number of aliphatic carboxylic acids is 1. The number of halogens is 1. The Morgan fingerprint density at radius 3 is 2.24 bits per heavy atom. The highest BCUT2D eigenvalue weighted by atomic mass is 35.5. The summed E-state index contributed by atoms with van der Waals surface area (Å²) in [5.74, 6) is -1.48. The van der Waals surface area contributed by atoms with Crippen molar-refractivity contribution in [1.82, 2.24) is 5.32 Å². The second-order valence-corrected chi connectivity index (χ2v) is 5.00. The van der Waals surface area contributed by atoms with E-state index < -0.39 is 17.9 Å². The van der Waals surface area contributed by atoms with Gasteiger partial charge in [0.05, 0.1) is 0 Å². The van der Waals surface area contributed by atoms with E-state index in [-0.39, 0.29) is 6.42 Å². The highest BCUT2D eigenvalue weighted by Gasteiger charge is 2.20. The predicted octanol–water partition coefficient (Wildman–Crippen LogP) is 2.77. The molecule has 2 aromatic carbocycles. The van der Waals surface area contributed by atoms with Gasteiger partial charge in [-0.2, -0.15) is 0 Å². The van der Waals surface area contributed by atoms with Crippen LogP contribution in [0.4, 0.5) is 0 Å². The number of carboxylic acids is 1. The molecule has 0 heterocycles. The minimum Gasteiger partial charge on any atom is -0.480 e. The summed E-state index contributed by atoms with van der Waals surface area (Å²) in [6.45, 7) is 0. The Hall–Kier alpha value is -2.33. The number of amides is 1. The zero-order valence-corrected chi connectivity index (χ0v) is 11.9. The molecule has 108 valence electrons. The van der Waals surface area contributed by atoms with Gasteiger partial charge in [-0.05, 0) is 29.8 Å². The molecule has 1 amide bonds. The molecule has 0 fully saturated rings. The van der Waals surface area contributed by atoms with Crippen molar-refractivity contribution in [3.8, 4) is 0 Å². The molecule has 0 aromatic heterocycles. The van der Waals surface area contributed by atoms with E-state index in [1.807, 2.05) is 0 Å². The Kier molecular flexibility index (Phi) is 4.95. The summed E-state index contributed by atoms with van der Waals surface area (Å²) in [5, 5.41) is 12.4. The highest BCUT2D eigenvalue weighted by Crippen LogP contribution is 2.11. The molecule has 0 aliphatic carbocycles. The van der Waals surface area contributed by atoms with Crippen LogP contribution in [-0.2, 0) is 11.2 Å². The van der Waals surface area contributed by atoms with Crippen LogP contribution < -0.4 is 5.32 Å². The van der Waals surface area contributed by atoms with Crippen molar-refractivity contribution in [2.45, 2.75) is 12.5 Å². The SMILES string of the molecule is O=C(N[C@@H](Cc1ccc(Cl)cc1)C(=O)O)c1ccccc1. The van der Waals surface area contributed by atoms with E-state index in [1.54, 1.807) is 54.6 Å². The molecule has 0 saturated carbocycles. The quantitative estimate of drug-likeness (QED) is 0.892. The first-order valence-corrected chi connectivity index (χ1v) is 6.77. The molecule has 0 aliphatic heterocycles. The number of carboxylic acid groups (broad SMARTS) is 1. The molecule has 2 rings (SSSR count). The number of benzene rings is 2. The smallest absolute Gasteiger partial charge is 0.326 e. The number of hydrogen-bond donors (Lipinski definition) is 2. The zero-order chi connectivity index (χ0) is 15.2. The fraction of sp³-hybridized carbons (Fsp3) is 0.125. The van der Waals surface area contributed by atoms with Gasteiger partial charge < -0.3 is 10.4 Å². The maximum Gasteiger partial charge on any atom is 0.326 e. The van der Waals surface area contributed by atoms with Crippen molar-refractivity contribution in [3.05, 3.63) is 70.7 Å². The average molecular weight is 304 g/mol. The molecular weight excluding hydrogens is 290 g/mol. The standard InChI is InChI=1S/C16H14ClNO3/c17-13-8-6-11(7-9-13)10-14(16(20)21)18-15(19)12-4-2-1-3-5-12/h1-9,14H,10H2,(H,18,19)(H,20,21)/t14-/m0/s1. The van der Waals surface area contributed by atoms with Crippen LogP contribution in [0, 0.1) is 0 Å². The number of nitrogens with one attached hydrogen (secondary N) is 1. The van der Waals surface area contributed by atoms with Gasteiger partial charge >= 0.3 is 5.97 Å². The maximum absolute atomic E-state index is 12.0. The summed E-state index contributed by atoms with van der Waals surface area (Å²) in [4.78, 5) is 23.3. The van der Waals surface area contributed by atoms with E-state index in [4.69, 9.17) is 11.6 Å². The molecule has 0 bridgehead atoms. The van der Waals surface area contributed by atoms with Gasteiger partial charge in [-0.3, -0.25) is 4.79 Å². The lowest BCUT2D eigenvalue weighted by molar-refractivity contribution is -0.139. The van der Waals surface area contributed by atoms with Crippen molar-refractivity contribution in [2.24, 2.45) is 0 Å². The molecule has 2 N–H and O–H groups in total. The molecule has 5 heteroatoms. The summed E-state index contributed by atoms with van der Waals surface area (Å²) in [6.07, 6.45) is 0.199. The Morgan fingerprint density at radius 1 is 1.05 bits per heavy atom. The van der Waals surface area contributed by atoms with Crippen molar-refractivity contribution in [1.29, 1.82) is 0 Å². The summed E-state index contributed by atoms with van der Waals surface area (Å²) >= 11 is 5.79. The summed E-state index contributed by atoms with van der Waals surface area (Å²) in [5.41, 5.74) is 1.22. The lowest BCUT2D eigenvalue weighted by Crippen LogP contribution is -2.42. The largest absolute Gasteiger partial charge is 0.480 e. The number of hydrogen-bond acceptors (Lipinski definition) is 2. The molecule has 0 aliphatic rings. The van der Waals surface area contributed by atoms with Gasteiger partial charge in [-0.1, -0.05) is 41.9 Å². The monoisotopic (exact) mass is 303 g/mol. The molecule has 0 radical (unpaired) electrons. The predicted molar refractivity (Wildman–Crippen MR) is 80.5 cm³/mol. The Labute approximate surface area is 127 Å². The first kappa shape index (κ1) is 15.1. The van der Waals surface area contributed by atoms with E-state index in [0.717, 1.165) is 5.56 Å². The van der Waals surface area contributed by atoms with E-state index >= 15 is 0 Å². The van der Waals surface area contributed by atoms with Crippen LogP contribution in [0.3, 0.4) is 0 Å². The lowest BCUT2D eigenvalue weighted by atomic mass is 10.1. The fourth-order valence-electron chi connectivity index (χ4n) is 1.89. The van der Waals surface area contributed by atoms with Crippen LogP contribution in [0.2, 0.25) is 5.02 Å². The third kappa shape index (κ3) is 4.33. The van der Waals surface area contributed by atoms with Crippen molar-refractivity contribution in [3.63, 3.8) is 0 Å². The lowest BCUT2D eigenvalue weighted by Gasteiger charge is -2.14. The topological polar surface area (TPSA) is 66.4 Å². The minimum atomic E-state index is -1.07. The summed E-state index contributed by atoms with van der Waals surface area (Å²) < 4.78 is 0. The maximum atomic E-state index is 12.0. The normalized spacial score (nSPS) is 11.7. The number of rotatable bonds is 5. The van der Waals surface area contributed by atoms with Crippen molar-refractivity contribution in [2.75, 3.05) is 0 Å². The Bertz CT molecular complexity index is 626. The van der Waals surface area contributed by atoms with Gasteiger partial charge in [0.1, 0.15) is 6.04 Å². The molecule has 1 atom stereocenters. The van der Waals surface area contributed by atoms with Gasteiger partial charge in [-0.25, -0.2) is 4.79 Å². The number of carbonyl (C=O) groups excluding carboxylic acids is 1. The van der Waals surface area contributed by atoms with E-state index in [0.29, 0.717) is 10.6 Å². The van der Waals surface area contributed by atoms with Crippen LogP contribution in [0.15, 0.2) is 54.6 Å². The summed E-state index contributed by atoms with van der Waals surface area (Å²) in [7, 11) is 0. The van der Waals surface area contributed by atoms with E-state index in [2.05, 4.69) is 5.32 Å². The van der Waals surface area contributed by atoms with Gasteiger partial charge in [0, 0.05) is 17.0 Å². The van der Waals surface area contributed by atoms with Crippen molar-refractivity contribution >= 4 is 23.5 Å². The van der Waals surface area contributed by atoms with Gasteiger partial charge in [0.25, 0.3) is 5.91 Å².